The Bertz CT molecular complexity index is 1140. The van der Waals surface area contributed by atoms with Crippen molar-refractivity contribution in [3.63, 3.8) is 0 Å². The van der Waals surface area contributed by atoms with Gasteiger partial charge in [0.1, 0.15) is 5.76 Å². The average molecular weight is 357 g/mol. The predicted octanol–water partition coefficient (Wildman–Crippen LogP) is 0.852. The molecular weight excluding hydrogens is 338 g/mol. The van der Waals surface area contributed by atoms with Crippen LogP contribution in [0.1, 0.15) is 29.4 Å². The highest BCUT2D eigenvalue weighted by Gasteiger charge is 2.25. The number of fused-ring (bicyclic) bond motifs is 1. The van der Waals surface area contributed by atoms with Gasteiger partial charge in [0.05, 0.1) is 17.0 Å². The number of nitrogens with zero attached hydrogens (tertiary/aromatic N) is 2. The van der Waals surface area contributed by atoms with E-state index in [1.165, 1.54) is 15.2 Å². The fourth-order valence-corrected chi connectivity index (χ4v) is 3.17. The first-order chi connectivity index (χ1) is 12.2. The van der Waals surface area contributed by atoms with Gasteiger partial charge < -0.3 is 15.3 Å². The largest absolute Gasteiger partial charge is 0.502 e. The SMILES string of the molecule is Cc1cc(=O)c(O)c([C@H](CC(N)=O)c2ccc3c(c2)n(C)c(=O)n3C)o1. The first-order valence-electron chi connectivity index (χ1n) is 7.98. The number of aryl methyl sites for hydroxylation is 3. The van der Waals surface area contributed by atoms with Gasteiger partial charge in [0.15, 0.2) is 5.76 Å². The number of aromatic hydroxyl groups is 1. The second-order valence-corrected chi connectivity index (χ2v) is 6.31. The Balaban J connectivity index is 2.26. The van der Waals surface area contributed by atoms with Crippen molar-refractivity contribution in [2.24, 2.45) is 19.8 Å². The van der Waals surface area contributed by atoms with Crippen molar-refractivity contribution >= 4 is 16.9 Å². The summed E-state index contributed by atoms with van der Waals surface area (Å²) in [7, 11) is 3.30. The molecule has 0 bridgehead atoms. The van der Waals surface area contributed by atoms with Crippen LogP contribution in [0.5, 0.6) is 5.75 Å². The number of carbonyl (C=O) groups excluding carboxylic acids is 1. The Hall–Kier alpha value is -3.29. The number of benzene rings is 1. The molecule has 3 aromatic rings. The molecule has 3 rings (SSSR count). The van der Waals surface area contributed by atoms with E-state index in [0.717, 1.165) is 0 Å². The first kappa shape index (κ1) is 17.5. The maximum atomic E-state index is 12.1. The predicted molar refractivity (Wildman–Crippen MR) is 95.2 cm³/mol. The minimum atomic E-state index is -0.750. The summed E-state index contributed by atoms with van der Waals surface area (Å²) in [6.07, 6.45) is -0.160. The number of amides is 1. The number of carbonyl (C=O) groups is 1. The van der Waals surface area contributed by atoms with Gasteiger partial charge in [-0.05, 0) is 24.6 Å². The highest BCUT2D eigenvalue weighted by atomic mass is 16.4. The molecule has 8 nitrogen and oxygen atoms in total. The summed E-state index contributed by atoms with van der Waals surface area (Å²) in [5.41, 5.74) is 6.55. The first-order valence-corrected chi connectivity index (χ1v) is 7.98. The third kappa shape index (κ3) is 2.79. The van der Waals surface area contributed by atoms with Crippen LogP contribution in [-0.4, -0.2) is 20.1 Å². The fraction of sp³-hybridized carbons (Fsp3) is 0.278. The number of primary amides is 1. The molecule has 0 aliphatic heterocycles. The minimum Gasteiger partial charge on any atom is -0.502 e. The summed E-state index contributed by atoms with van der Waals surface area (Å²) in [4.78, 5) is 35.6. The Morgan fingerprint density at radius 1 is 1.19 bits per heavy atom. The molecule has 0 saturated carbocycles. The van der Waals surface area contributed by atoms with Gasteiger partial charge in [-0.1, -0.05) is 6.07 Å². The molecule has 2 aromatic heterocycles. The molecule has 0 spiro atoms. The van der Waals surface area contributed by atoms with E-state index in [9.17, 15) is 19.5 Å². The molecule has 1 amide bonds. The maximum Gasteiger partial charge on any atom is 0.328 e. The molecule has 136 valence electrons. The average Bonchev–Trinajstić information content (AvgIpc) is 2.80. The van der Waals surface area contributed by atoms with Crippen LogP contribution in [0.2, 0.25) is 0 Å². The van der Waals surface area contributed by atoms with Crippen LogP contribution in [0, 0.1) is 6.92 Å². The monoisotopic (exact) mass is 357 g/mol. The summed E-state index contributed by atoms with van der Waals surface area (Å²) < 4.78 is 8.53. The van der Waals surface area contributed by atoms with E-state index in [1.54, 1.807) is 39.2 Å². The standard InChI is InChI=1S/C18H19N3O5/c1-9-6-14(22)16(24)17(26-9)11(8-15(19)23)10-4-5-12-13(7-10)21(3)18(25)20(12)2/h4-7,11,24H,8H2,1-3H3,(H2,19,23)/t11-/m1/s1. The van der Waals surface area contributed by atoms with Crippen molar-refractivity contribution in [1.82, 2.24) is 9.13 Å². The van der Waals surface area contributed by atoms with Crippen molar-refractivity contribution in [3.8, 4) is 5.75 Å². The molecule has 0 aliphatic rings. The molecule has 0 aliphatic carbocycles. The zero-order valence-corrected chi connectivity index (χ0v) is 14.6. The van der Waals surface area contributed by atoms with Gasteiger partial charge in [0, 0.05) is 26.6 Å². The van der Waals surface area contributed by atoms with E-state index in [-0.39, 0.29) is 17.9 Å². The second kappa shape index (κ2) is 6.21. The van der Waals surface area contributed by atoms with E-state index >= 15 is 0 Å². The molecule has 1 atom stereocenters. The highest BCUT2D eigenvalue weighted by molar-refractivity contribution is 5.79. The van der Waals surface area contributed by atoms with Gasteiger partial charge in [-0.3, -0.25) is 18.7 Å². The summed E-state index contributed by atoms with van der Waals surface area (Å²) >= 11 is 0. The summed E-state index contributed by atoms with van der Waals surface area (Å²) in [5.74, 6) is -1.62. The maximum absolute atomic E-state index is 12.1. The van der Waals surface area contributed by atoms with Gasteiger partial charge in [0.2, 0.25) is 17.1 Å². The van der Waals surface area contributed by atoms with E-state index in [1.807, 2.05) is 0 Å². The van der Waals surface area contributed by atoms with Crippen molar-refractivity contribution in [1.29, 1.82) is 0 Å². The van der Waals surface area contributed by atoms with Gasteiger partial charge >= 0.3 is 5.69 Å². The number of nitrogens with two attached hydrogens (primary N) is 1. The Kier molecular flexibility index (Phi) is 4.19. The van der Waals surface area contributed by atoms with Gasteiger partial charge in [-0.25, -0.2) is 4.79 Å². The van der Waals surface area contributed by atoms with Gasteiger partial charge in [-0.2, -0.15) is 0 Å². The van der Waals surface area contributed by atoms with E-state index in [4.69, 9.17) is 10.2 Å². The van der Waals surface area contributed by atoms with Gasteiger partial charge in [0.25, 0.3) is 0 Å². The number of rotatable bonds is 4. The number of hydrogen-bond donors (Lipinski definition) is 2. The third-order valence-electron chi connectivity index (χ3n) is 4.49. The Labute approximate surface area is 148 Å². The zero-order valence-electron chi connectivity index (χ0n) is 14.6. The minimum absolute atomic E-state index is 0.0194. The summed E-state index contributed by atoms with van der Waals surface area (Å²) in [5, 5.41) is 10.2. The molecule has 26 heavy (non-hydrogen) atoms. The van der Waals surface area contributed by atoms with E-state index in [0.29, 0.717) is 22.4 Å². The van der Waals surface area contributed by atoms with Gasteiger partial charge in [-0.15, -0.1) is 0 Å². The van der Waals surface area contributed by atoms with Crippen LogP contribution < -0.4 is 16.9 Å². The molecule has 0 radical (unpaired) electrons. The topological polar surface area (TPSA) is 120 Å². The smallest absolute Gasteiger partial charge is 0.328 e. The lowest BCUT2D eigenvalue weighted by Crippen LogP contribution is -2.19. The van der Waals surface area contributed by atoms with Crippen LogP contribution in [-0.2, 0) is 18.9 Å². The highest BCUT2D eigenvalue weighted by Crippen LogP contribution is 2.34. The van der Waals surface area contributed by atoms with Crippen LogP contribution in [0.25, 0.3) is 11.0 Å². The van der Waals surface area contributed by atoms with E-state index in [2.05, 4.69) is 0 Å². The quantitative estimate of drug-likeness (QED) is 0.717. The molecule has 8 heteroatoms. The van der Waals surface area contributed by atoms with Crippen molar-refractivity contribution in [3.05, 3.63) is 62.1 Å². The van der Waals surface area contributed by atoms with Crippen LogP contribution in [0.4, 0.5) is 0 Å². The summed E-state index contributed by atoms with van der Waals surface area (Å²) in [6, 6.07) is 6.36. The van der Waals surface area contributed by atoms with Crippen LogP contribution in [0.15, 0.2) is 38.3 Å². The molecule has 2 heterocycles. The fourth-order valence-electron chi connectivity index (χ4n) is 3.17. The van der Waals surface area contributed by atoms with E-state index < -0.39 is 23.0 Å². The Morgan fingerprint density at radius 3 is 2.50 bits per heavy atom. The number of hydrogen-bond acceptors (Lipinski definition) is 5. The third-order valence-corrected chi connectivity index (χ3v) is 4.49. The van der Waals surface area contributed by atoms with Crippen LogP contribution in [0.3, 0.4) is 0 Å². The van der Waals surface area contributed by atoms with Crippen LogP contribution >= 0.6 is 0 Å². The number of imidazole rings is 1. The molecular formula is C18H19N3O5. The molecule has 0 unspecified atom stereocenters. The lowest BCUT2D eigenvalue weighted by atomic mass is 9.91. The number of aromatic nitrogens is 2. The molecule has 3 N–H and O–H groups in total. The lowest BCUT2D eigenvalue weighted by Gasteiger charge is -2.17. The lowest BCUT2D eigenvalue weighted by molar-refractivity contribution is -0.118. The zero-order chi connectivity index (χ0) is 19.2. The normalized spacial score (nSPS) is 12.4. The second-order valence-electron chi connectivity index (χ2n) is 6.31. The van der Waals surface area contributed by atoms with Crippen molar-refractivity contribution < 1.29 is 14.3 Å². The van der Waals surface area contributed by atoms with Crippen molar-refractivity contribution in [2.75, 3.05) is 0 Å². The van der Waals surface area contributed by atoms with Crippen molar-refractivity contribution in [2.45, 2.75) is 19.3 Å². The molecule has 1 aromatic carbocycles. The molecule has 0 fully saturated rings. The molecule has 0 saturated heterocycles. The summed E-state index contributed by atoms with van der Waals surface area (Å²) in [6.45, 7) is 1.58. The Morgan fingerprint density at radius 2 is 1.85 bits per heavy atom.